The number of rotatable bonds is 3. The molecule has 1 aliphatic heterocycles. The molecule has 0 aliphatic carbocycles. The summed E-state index contributed by atoms with van der Waals surface area (Å²) in [7, 11) is 0. The minimum Gasteiger partial charge on any atom is -0.477 e. The highest BCUT2D eigenvalue weighted by atomic mass is 79.9. The van der Waals surface area contributed by atoms with Crippen molar-refractivity contribution >= 4 is 39.3 Å². The summed E-state index contributed by atoms with van der Waals surface area (Å²) in [6.45, 7) is 4.40. The fraction of sp³-hybridized carbons (Fsp3) is 0.273. The molecular weight excluding hydrogens is 322 g/mol. The molecule has 0 bridgehead atoms. The van der Waals surface area contributed by atoms with Crippen molar-refractivity contribution in [3.63, 3.8) is 0 Å². The maximum absolute atomic E-state index is 11.6. The minimum absolute atomic E-state index is 0.171. The molecular formula is C11H10BrNO4S. The molecule has 0 spiro atoms. The van der Waals surface area contributed by atoms with Crippen molar-refractivity contribution in [2.24, 2.45) is 0 Å². The Bertz CT molecular complexity index is 525. The van der Waals surface area contributed by atoms with Gasteiger partial charge in [0.25, 0.3) is 0 Å². The van der Waals surface area contributed by atoms with Crippen LogP contribution in [0.25, 0.3) is 0 Å². The van der Waals surface area contributed by atoms with Crippen molar-refractivity contribution in [3.05, 3.63) is 32.4 Å². The summed E-state index contributed by atoms with van der Waals surface area (Å²) in [6, 6.07) is 0. The van der Waals surface area contributed by atoms with E-state index in [-0.39, 0.29) is 11.5 Å². The van der Waals surface area contributed by atoms with Gasteiger partial charge in [0, 0.05) is 14.9 Å². The number of carbonyl (C=O) groups is 2. The molecule has 0 unspecified atom stereocenters. The van der Waals surface area contributed by atoms with Gasteiger partial charge in [-0.1, -0.05) is 12.7 Å². The first-order valence-electron chi connectivity index (χ1n) is 5.10. The number of hydrogen-bond donors (Lipinski definition) is 1. The number of fused-ring (bicyclic) bond motifs is 1. The van der Waals surface area contributed by atoms with E-state index in [2.05, 4.69) is 22.5 Å². The van der Waals surface area contributed by atoms with Gasteiger partial charge in [0.15, 0.2) is 0 Å². The van der Waals surface area contributed by atoms with Crippen LogP contribution in [0.5, 0.6) is 0 Å². The molecule has 18 heavy (non-hydrogen) atoms. The Kier molecular flexibility index (Phi) is 3.72. The van der Waals surface area contributed by atoms with Gasteiger partial charge in [-0.25, -0.2) is 9.59 Å². The van der Waals surface area contributed by atoms with Gasteiger partial charge in [-0.2, -0.15) is 0 Å². The molecule has 0 atom stereocenters. The Balaban J connectivity index is 2.12. The molecule has 2 heterocycles. The second-order valence-electron chi connectivity index (χ2n) is 3.67. The van der Waals surface area contributed by atoms with E-state index >= 15 is 0 Å². The van der Waals surface area contributed by atoms with E-state index in [9.17, 15) is 9.59 Å². The van der Waals surface area contributed by atoms with Gasteiger partial charge in [-0.05, 0) is 15.9 Å². The fourth-order valence-corrected chi connectivity index (χ4v) is 3.65. The average Bonchev–Trinajstić information content (AvgIpc) is 2.86. The molecule has 0 fully saturated rings. The summed E-state index contributed by atoms with van der Waals surface area (Å²) in [5.41, 5.74) is 0.855. The first-order valence-corrected chi connectivity index (χ1v) is 6.71. The van der Waals surface area contributed by atoms with Crippen LogP contribution < -0.4 is 0 Å². The van der Waals surface area contributed by atoms with Gasteiger partial charge in [0.1, 0.15) is 11.5 Å². The van der Waals surface area contributed by atoms with Crippen LogP contribution in [-0.4, -0.2) is 28.7 Å². The molecule has 1 aromatic rings. The zero-order valence-corrected chi connectivity index (χ0v) is 11.7. The standard InChI is InChI=1S/C11H10BrNO4S/c1-2-3-17-11(16)13-4-6-7(5-13)18-9(8(6)12)10(14)15/h2H,1,3-5H2,(H,14,15). The van der Waals surface area contributed by atoms with E-state index in [1.54, 1.807) is 0 Å². The number of carbonyl (C=O) groups excluding carboxylic acids is 1. The molecule has 5 nitrogen and oxygen atoms in total. The van der Waals surface area contributed by atoms with Crippen molar-refractivity contribution in [1.82, 2.24) is 4.90 Å². The summed E-state index contributed by atoms with van der Waals surface area (Å²) >= 11 is 4.45. The minimum atomic E-state index is -0.956. The van der Waals surface area contributed by atoms with Gasteiger partial charge < -0.3 is 9.84 Å². The van der Waals surface area contributed by atoms with E-state index in [1.165, 1.54) is 22.3 Å². The quantitative estimate of drug-likeness (QED) is 0.865. The molecule has 2 rings (SSSR count). The third-order valence-electron chi connectivity index (χ3n) is 2.49. The smallest absolute Gasteiger partial charge is 0.410 e. The van der Waals surface area contributed by atoms with Crippen LogP contribution in [0.3, 0.4) is 0 Å². The lowest BCUT2D eigenvalue weighted by Crippen LogP contribution is -2.26. The molecule has 0 saturated carbocycles. The second-order valence-corrected chi connectivity index (χ2v) is 5.57. The van der Waals surface area contributed by atoms with Gasteiger partial charge in [0.05, 0.1) is 13.1 Å². The third kappa shape index (κ3) is 2.28. The zero-order valence-electron chi connectivity index (χ0n) is 9.31. The zero-order chi connectivity index (χ0) is 13.3. The lowest BCUT2D eigenvalue weighted by molar-refractivity contribution is 0.0701. The number of thiophene rings is 1. The Morgan fingerprint density at radius 2 is 2.28 bits per heavy atom. The van der Waals surface area contributed by atoms with Crippen LogP contribution in [-0.2, 0) is 17.8 Å². The fourth-order valence-electron chi connectivity index (χ4n) is 1.68. The number of hydrogen-bond acceptors (Lipinski definition) is 4. The maximum Gasteiger partial charge on any atom is 0.410 e. The van der Waals surface area contributed by atoms with Crippen molar-refractivity contribution in [2.45, 2.75) is 13.1 Å². The molecule has 0 saturated heterocycles. The summed E-state index contributed by atoms with van der Waals surface area (Å²) in [6.07, 6.45) is 1.09. The highest BCUT2D eigenvalue weighted by Gasteiger charge is 2.31. The average molecular weight is 332 g/mol. The molecule has 0 aromatic carbocycles. The van der Waals surface area contributed by atoms with Crippen LogP contribution in [0.2, 0.25) is 0 Å². The largest absolute Gasteiger partial charge is 0.477 e. The molecule has 7 heteroatoms. The number of nitrogens with zero attached hydrogens (tertiary/aromatic N) is 1. The van der Waals surface area contributed by atoms with Crippen molar-refractivity contribution in [3.8, 4) is 0 Å². The molecule has 1 aliphatic rings. The molecule has 96 valence electrons. The lowest BCUT2D eigenvalue weighted by atomic mass is 10.3. The van der Waals surface area contributed by atoms with E-state index in [1.807, 2.05) is 0 Å². The van der Waals surface area contributed by atoms with E-state index in [0.29, 0.717) is 17.6 Å². The number of ether oxygens (including phenoxy) is 1. The Hall–Kier alpha value is -1.34. The van der Waals surface area contributed by atoms with Gasteiger partial charge in [-0.3, -0.25) is 4.90 Å². The number of amides is 1. The van der Waals surface area contributed by atoms with E-state index < -0.39 is 12.1 Å². The Morgan fingerprint density at radius 1 is 1.56 bits per heavy atom. The van der Waals surface area contributed by atoms with E-state index in [0.717, 1.165) is 10.4 Å². The van der Waals surface area contributed by atoms with Crippen LogP contribution in [0.1, 0.15) is 20.1 Å². The monoisotopic (exact) mass is 331 g/mol. The summed E-state index contributed by atoms with van der Waals surface area (Å²) in [4.78, 5) is 25.3. The van der Waals surface area contributed by atoms with Gasteiger partial charge in [0.2, 0.25) is 0 Å². The maximum atomic E-state index is 11.6. The number of halogens is 1. The first kappa shape index (κ1) is 13.1. The first-order chi connectivity index (χ1) is 8.54. The normalized spacial score (nSPS) is 13.3. The summed E-state index contributed by atoms with van der Waals surface area (Å²) in [5, 5.41) is 8.98. The van der Waals surface area contributed by atoms with Crippen LogP contribution in [0.4, 0.5) is 4.79 Å². The lowest BCUT2D eigenvalue weighted by Gasteiger charge is -2.14. The van der Waals surface area contributed by atoms with Gasteiger partial charge >= 0.3 is 12.1 Å². The highest BCUT2D eigenvalue weighted by Crippen LogP contribution is 2.39. The third-order valence-corrected chi connectivity index (χ3v) is 4.83. The number of aromatic carboxylic acids is 1. The number of carboxylic acid groups (broad SMARTS) is 1. The SMILES string of the molecule is C=CCOC(=O)N1Cc2sc(C(=O)O)c(Br)c2C1. The molecule has 1 amide bonds. The Morgan fingerprint density at radius 3 is 2.83 bits per heavy atom. The summed E-state index contributed by atoms with van der Waals surface area (Å²) < 4.78 is 5.50. The molecule has 1 aromatic heterocycles. The predicted molar refractivity (Wildman–Crippen MR) is 69.8 cm³/mol. The highest BCUT2D eigenvalue weighted by molar-refractivity contribution is 9.10. The topological polar surface area (TPSA) is 66.8 Å². The summed E-state index contributed by atoms with van der Waals surface area (Å²) in [5.74, 6) is -0.956. The van der Waals surface area contributed by atoms with Gasteiger partial charge in [-0.15, -0.1) is 11.3 Å². The van der Waals surface area contributed by atoms with E-state index in [4.69, 9.17) is 9.84 Å². The second kappa shape index (κ2) is 5.11. The van der Waals surface area contributed by atoms with Crippen molar-refractivity contribution < 1.29 is 19.4 Å². The molecule has 1 N–H and O–H groups in total. The number of carboxylic acids is 1. The Labute approximate surface area is 116 Å². The van der Waals surface area contributed by atoms with Crippen molar-refractivity contribution in [1.29, 1.82) is 0 Å². The van der Waals surface area contributed by atoms with Crippen LogP contribution >= 0.6 is 27.3 Å². The predicted octanol–water partition coefficient (Wildman–Crippen LogP) is 2.85. The molecule has 0 radical (unpaired) electrons. The van der Waals surface area contributed by atoms with Crippen LogP contribution in [0, 0.1) is 0 Å². The van der Waals surface area contributed by atoms with Crippen LogP contribution in [0.15, 0.2) is 17.1 Å². The van der Waals surface area contributed by atoms with Crippen molar-refractivity contribution in [2.75, 3.05) is 6.61 Å².